The van der Waals surface area contributed by atoms with Gasteiger partial charge >= 0.3 is 0 Å². The molecule has 0 aliphatic heterocycles. The molecular formula is C21H23BrN4O3S. The van der Waals surface area contributed by atoms with Crippen molar-refractivity contribution in [1.82, 2.24) is 14.8 Å². The van der Waals surface area contributed by atoms with Gasteiger partial charge in [0.15, 0.2) is 17.1 Å². The molecule has 1 aromatic heterocycles. The zero-order valence-corrected chi connectivity index (χ0v) is 19.4. The lowest BCUT2D eigenvalue weighted by molar-refractivity contribution is -0.113. The highest BCUT2D eigenvalue weighted by Gasteiger charge is 2.19. The van der Waals surface area contributed by atoms with Gasteiger partial charge in [-0.15, -0.1) is 10.2 Å². The van der Waals surface area contributed by atoms with Gasteiger partial charge in [0.1, 0.15) is 11.5 Å². The van der Waals surface area contributed by atoms with Crippen LogP contribution in [0.3, 0.4) is 0 Å². The molecule has 1 N–H and O–H groups in total. The van der Waals surface area contributed by atoms with Crippen molar-refractivity contribution < 1.29 is 14.3 Å². The van der Waals surface area contributed by atoms with Gasteiger partial charge in [-0.25, -0.2) is 0 Å². The lowest BCUT2D eigenvalue weighted by atomic mass is 10.3. The first-order valence-corrected chi connectivity index (χ1v) is 11.2. The lowest BCUT2D eigenvalue weighted by Gasteiger charge is -2.15. The average molecular weight is 491 g/mol. The molecule has 1 atom stereocenters. The SMILES string of the molecule is CCn1c(SCC(=O)Nc2cccc(Br)c2)nnc1C(C)Oc1ccc(OC)cc1. The van der Waals surface area contributed by atoms with E-state index in [1.807, 2.05) is 66.9 Å². The molecule has 1 unspecified atom stereocenters. The van der Waals surface area contributed by atoms with Crippen molar-refractivity contribution in [3.05, 3.63) is 58.8 Å². The van der Waals surface area contributed by atoms with E-state index < -0.39 is 0 Å². The van der Waals surface area contributed by atoms with Gasteiger partial charge in [0.25, 0.3) is 0 Å². The predicted octanol–water partition coefficient (Wildman–Crippen LogP) is 4.94. The summed E-state index contributed by atoms with van der Waals surface area (Å²) < 4.78 is 14.0. The number of nitrogens with zero attached hydrogens (tertiary/aromatic N) is 3. The Labute approximate surface area is 188 Å². The number of halogens is 1. The Morgan fingerprint density at radius 2 is 1.93 bits per heavy atom. The number of nitrogens with one attached hydrogen (secondary N) is 1. The normalized spacial score (nSPS) is 11.7. The Bertz CT molecular complexity index is 994. The molecule has 0 aliphatic carbocycles. The van der Waals surface area contributed by atoms with Crippen LogP contribution in [0.5, 0.6) is 11.5 Å². The second-order valence-electron chi connectivity index (χ2n) is 6.37. The van der Waals surface area contributed by atoms with E-state index >= 15 is 0 Å². The van der Waals surface area contributed by atoms with E-state index in [0.717, 1.165) is 21.7 Å². The van der Waals surface area contributed by atoms with Gasteiger partial charge in [-0.2, -0.15) is 0 Å². The first-order valence-electron chi connectivity index (χ1n) is 9.42. The van der Waals surface area contributed by atoms with E-state index in [4.69, 9.17) is 9.47 Å². The van der Waals surface area contributed by atoms with E-state index in [2.05, 4.69) is 31.4 Å². The monoisotopic (exact) mass is 490 g/mol. The maximum Gasteiger partial charge on any atom is 0.234 e. The summed E-state index contributed by atoms with van der Waals surface area (Å²) in [4.78, 5) is 12.3. The zero-order chi connectivity index (χ0) is 21.5. The summed E-state index contributed by atoms with van der Waals surface area (Å²) >= 11 is 4.74. The molecule has 7 nitrogen and oxygen atoms in total. The molecule has 3 aromatic rings. The number of anilines is 1. The molecule has 158 valence electrons. The van der Waals surface area contributed by atoms with Gasteiger partial charge in [-0.05, 0) is 56.3 Å². The summed E-state index contributed by atoms with van der Waals surface area (Å²) in [7, 11) is 1.63. The second kappa shape index (κ2) is 10.5. The Morgan fingerprint density at radius 1 is 1.20 bits per heavy atom. The third-order valence-electron chi connectivity index (χ3n) is 4.24. The van der Waals surface area contributed by atoms with Gasteiger partial charge in [0.2, 0.25) is 5.91 Å². The zero-order valence-electron chi connectivity index (χ0n) is 17.0. The summed E-state index contributed by atoms with van der Waals surface area (Å²) in [6.07, 6.45) is -0.296. The Morgan fingerprint density at radius 3 is 2.60 bits per heavy atom. The van der Waals surface area contributed by atoms with Crippen molar-refractivity contribution >= 4 is 39.3 Å². The highest BCUT2D eigenvalue weighted by molar-refractivity contribution is 9.10. The molecule has 9 heteroatoms. The number of thioether (sulfide) groups is 1. The van der Waals surface area contributed by atoms with Crippen molar-refractivity contribution in [2.45, 2.75) is 31.7 Å². The number of carbonyl (C=O) groups excluding carboxylic acids is 1. The van der Waals surface area contributed by atoms with Crippen LogP contribution in [0.25, 0.3) is 0 Å². The molecule has 0 spiro atoms. The average Bonchev–Trinajstić information content (AvgIpc) is 3.16. The number of hydrogen-bond donors (Lipinski definition) is 1. The fourth-order valence-electron chi connectivity index (χ4n) is 2.81. The van der Waals surface area contributed by atoms with Crippen molar-refractivity contribution in [3.63, 3.8) is 0 Å². The van der Waals surface area contributed by atoms with Gasteiger partial charge < -0.3 is 19.4 Å². The van der Waals surface area contributed by atoms with Gasteiger partial charge in [0, 0.05) is 16.7 Å². The van der Waals surface area contributed by atoms with Crippen LogP contribution in [0, 0.1) is 0 Å². The Balaban J connectivity index is 1.62. The quantitative estimate of drug-likeness (QED) is 0.428. The summed E-state index contributed by atoms with van der Waals surface area (Å²) in [6, 6.07) is 14.9. The lowest BCUT2D eigenvalue weighted by Crippen LogP contribution is -2.15. The molecule has 30 heavy (non-hydrogen) atoms. The van der Waals surface area contributed by atoms with Crippen LogP contribution in [-0.4, -0.2) is 33.5 Å². The number of methoxy groups -OCH3 is 1. The molecule has 0 saturated heterocycles. The van der Waals surface area contributed by atoms with Gasteiger partial charge in [-0.3, -0.25) is 4.79 Å². The summed E-state index contributed by atoms with van der Waals surface area (Å²) in [5.74, 6) is 2.33. The number of benzene rings is 2. The maximum atomic E-state index is 12.3. The van der Waals surface area contributed by atoms with E-state index in [1.54, 1.807) is 7.11 Å². The van der Waals surface area contributed by atoms with Crippen molar-refractivity contribution in [3.8, 4) is 11.5 Å². The fourth-order valence-corrected chi connectivity index (χ4v) is 4.02. The standard InChI is InChI=1S/C21H23BrN4O3S/c1-4-26-20(14(2)29-18-10-8-17(28-3)9-11-18)24-25-21(26)30-13-19(27)23-16-7-5-6-15(22)12-16/h5-12,14H,4,13H2,1-3H3,(H,23,27). The number of carbonyl (C=O) groups is 1. The van der Waals surface area contributed by atoms with Crippen LogP contribution >= 0.6 is 27.7 Å². The fraction of sp³-hybridized carbons (Fsp3) is 0.286. The first-order chi connectivity index (χ1) is 14.5. The highest BCUT2D eigenvalue weighted by atomic mass is 79.9. The minimum Gasteiger partial charge on any atom is -0.497 e. The number of amides is 1. The maximum absolute atomic E-state index is 12.3. The number of aromatic nitrogens is 3. The summed E-state index contributed by atoms with van der Waals surface area (Å²) in [6.45, 7) is 4.61. The molecule has 0 aliphatic rings. The third kappa shape index (κ3) is 5.76. The van der Waals surface area contributed by atoms with Crippen LogP contribution < -0.4 is 14.8 Å². The van der Waals surface area contributed by atoms with E-state index in [0.29, 0.717) is 17.5 Å². The smallest absolute Gasteiger partial charge is 0.234 e. The highest BCUT2D eigenvalue weighted by Crippen LogP contribution is 2.26. The number of hydrogen-bond acceptors (Lipinski definition) is 6. The predicted molar refractivity (Wildman–Crippen MR) is 121 cm³/mol. The Hall–Kier alpha value is -2.52. The molecule has 1 heterocycles. The van der Waals surface area contributed by atoms with Crippen molar-refractivity contribution in [2.24, 2.45) is 0 Å². The third-order valence-corrected chi connectivity index (χ3v) is 5.70. The second-order valence-corrected chi connectivity index (χ2v) is 8.23. The number of rotatable bonds is 9. The van der Waals surface area contributed by atoms with Crippen LogP contribution in [0.4, 0.5) is 5.69 Å². The molecule has 0 bridgehead atoms. The first kappa shape index (κ1) is 22.2. The van der Waals surface area contributed by atoms with Crippen LogP contribution in [0.15, 0.2) is 58.2 Å². The van der Waals surface area contributed by atoms with Gasteiger partial charge in [-0.1, -0.05) is 33.8 Å². The molecule has 3 rings (SSSR count). The van der Waals surface area contributed by atoms with E-state index in [9.17, 15) is 4.79 Å². The number of ether oxygens (including phenoxy) is 2. The summed E-state index contributed by atoms with van der Waals surface area (Å²) in [5, 5.41) is 12.1. The molecule has 1 amide bonds. The van der Waals surface area contributed by atoms with Crippen molar-refractivity contribution in [1.29, 1.82) is 0 Å². The van der Waals surface area contributed by atoms with Crippen LogP contribution in [-0.2, 0) is 11.3 Å². The topological polar surface area (TPSA) is 78.3 Å². The van der Waals surface area contributed by atoms with Gasteiger partial charge in [0.05, 0.1) is 12.9 Å². The van der Waals surface area contributed by atoms with E-state index in [-0.39, 0.29) is 17.8 Å². The van der Waals surface area contributed by atoms with Crippen LogP contribution in [0.1, 0.15) is 25.8 Å². The molecular weight excluding hydrogens is 468 g/mol. The largest absolute Gasteiger partial charge is 0.497 e. The minimum absolute atomic E-state index is 0.104. The van der Waals surface area contributed by atoms with E-state index in [1.165, 1.54) is 11.8 Å². The van der Waals surface area contributed by atoms with Crippen LogP contribution in [0.2, 0.25) is 0 Å². The molecule has 0 radical (unpaired) electrons. The Kier molecular flexibility index (Phi) is 7.75. The molecule has 0 saturated carbocycles. The molecule has 2 aromatic carbocycles. The molecule has 0 fully saturated rings. The minimum atomic E-state index is -0.296. The summed E-state index contributed by atoms with van der Waals surface area (Å²) in [5.41, 5.74) is 0.745. The van der Waals surface area contributed by atoms with Crippen molar-refractivity contribution in [2.75, 3.05) is 18.2 Å².